The molecular weight excluding hydrogens is 260 g/mol. The molecule has 3 nitrogen and oxygen atoms in total. The van der Waals surface area contributed by atoms with E-state index >= 15 is 0 Å². The Kier molecular flexibility index (Phi) is 4.70. The molecule has 2 unspecified atom stereocenters. The van der Waals surface area contributed by atoms with Crippen molar-refractivity contribution < 1.29 is 4.74 Å². The summed E-state index contributed by atoms with van der Waals surface area (Å²) in [6, 6.07) is 4.83. The zero-order valence-corrected chi connectivity index (χ0v) is 13.6. The Morgan fingerprint density at radius 3 is 2.95 bits per heavy atom. The van der Waals surface area contributed by atoms with Crippen LogP contribution >= 0.6 is 0 Å². The number of nitrogens with zero attached hydrogens (tertiary/aromatic N) is 1. The van der Waals surface area contributed by atoms with Crippen molar-refractivity contribution in [3.05, 3.63) is 24.0 Å². The first-order valence-corrected chi connectivity index (χ1v) is 8.79. The summed E-state index contributed by atoms with van der Waals surface area (Å²) >= 11 is 0. The number of nitrogens with one attached hydrogen (secondary N) is 1. The first-order valence-electron chi connectivity index (χ1n) is 8.79. The monoisotopic (exact) mass is 290 g/mol. The van der Waals surface area contributed by atoms with Gasteiger partial charge in [-0.1, -0.05) is 19.8 Å². The second-order valence-electron chi connectivity index (χ2n) is 6.93. The maximum atomic E-state index is 6.46. The molecule has 1 aliphatic heterocycles. The van der Waals surface area contributed by atoms with E-state index in [0.29, 0.717) is 12.1 Å². The lowest BCUT2D eigenvalue weighted by Crippen LogP contribution is -2.28. The van der Waals surface area contributed by atoms with Gasteiger partial charge in [0.05, 0.1) is 11.7 Å². The second kappa shape index (κ2) is 6.53. The van der Waals surface area contributed by atoms with Crippen molar-refractivity contribution in [3.8, 4) is 0 Å². The molecule has 3 rings (SSSR count). The van der Waals surface area contributed by atoms with Crippen molar-refractivity contribution in [2.24, 2.45) is 0 Å². The molecule has 1 N–H and O–H groups in total. The fraction of sp³-hybridized carbons (Fsp3) is 0.778. The van der Waals surface area contributed by atoms with E-state index in [2.05, 4.69) is 42.1 Å². The SMILES string of the molecule is CCCNC(C)c1cccn1CC1CCC2(CCCC2)O1. The molecule has 2 fully saturated rings. The molecule has 1 saturated heterocycles. The Bertz CT molecular complexity index is 448. The van der Waals surface area contributed by atoms with Crippen LogP contribution in [0.2, 0.25) is 0 Å². The van der Waals surface area contributed by atoms with Crippen LogP contribution in [0.5, 0.6) is 0 Å². The first kappa shape index (κ1) is 15.1. The maximum absolute atomic E-state index is 6.46. The molecule has 0 amide bonds. The highest BCUT2D eigenvalue weighted by atomic mass is 16.5. The summed E-state index contributed by atoms with van der Waals surface area (Å²) in [6.07, 6.45) is 11.6. The molecule has 1 aromatic heterocycles. The summed E-state index contributed by atoms with van der Waals surface area (Å²) in [6.45, 7) is 6.57. The van der Waals surface area contributed by atoms with Gasteiger partial charge in [-0.15, -0.1) is 0 Å². The highest BCUT2D eigenvalue weighted by Gasteiger charge is 2.42. The molecule has 1 spiro atoms. The van der Waals surface area contributed by atoms with Gasteiger partial charge in [-0.25, -0.2) is 0 Å². The lowest BCUT2D eigenvalue weighted by molar-refractivity contribution is -0.0420. The molecular formula is C18H30N2O. The third kappa shape index (κ3) is 3.35. The fourth-order valence-corrected chi connectivity index (χ4v) is 4.08. The van der Waals surface area contributed by atoms with E-state index in [0.717, 1.165) is 13.1 Å². The maximum Gasteiger partial charge on any atom is 0.0762 e. The third-order valence-corrected chi connectivity index (χ3v) is 5.26. The second-order valence-corrected chi connectivity index (χ2v) is 6.93. The van der Waals surface area contributed by atoms with E-state index < -0.39 is 0 Å². The van der Waals surface area contributed by atoms with Crippen LogP contribution in [0.4, 0.5) is 0 Å². The number of hydrogen-bond donors (Lipinski definition) is 1. The van der Waals surface area contributed by atoms with Crippen molar-refractivity contribution in [3.63, 3.8) is 0 Å². The number of ether oxygens (including phenoxy) is 1. The lowest BCUT2D eigenvalue weighted by Gasteiger charge is -2.25. The van der Waals surface area contributed by atoms with Crippen molar-refractivity contribution in [1.82, 2.24) is 9.88 Å². The van der Waals surface area contributed by atoms with E-state index in [1.54, 1.807) is 0 Å². The summed E-state index contributed by atoms with van der Waals surface area (Å²) in [5.41, 5.74) is 1.64. The lowest BCUT2D eigenvalue weighted by atomic mass is 9.98. The summed E-state index contributed by atoms with van der Waals surface area (Å²) in [5.74, 6) is 0. The van der Waals surface area contributed by atoms with Gasteiger partial charge in [0.1, 0.15) is 0 Å². The minimum atomic E-state index is 0.254. The van der Waals surface area contributed by atoms with E-state index in [1.807, 2.05) is 0 Å². The van der Waals surface area contributed by atoms with Gasteiger partial charge >= 0.3 is 0 Å². The van der Waals surface area contributed by atoms with E-state index in [4.69, 9.17) is 4.74 Å². The summed E-state index contributed by atoms with van der Waals surface area (Å²) in [5, 5.41) is 3.59. The average Bonchev–Trinajstić information content (AvgIpc) is 3.20. The van der Waals surface area contributed by atoms with Crippen LogP contribution in [0, 0.1) is 0 Å². The zero-order valence-electron chi connectivity index (χ0n) is 13.6. The molecule has 1 aliphatic carbocycles. The molecule has 2 heterocycles. The molecule has 2 atom stereocenters. The number of rotatable bonds is 6. The molecule has 2 aliphatic rings. The topological polar surface area (TPSA) is 26.2 Å². The highest BCUT2D eigenvalue weighted by molar-refractivity contribution is 5.12. The normalized spacial score (nSPS) is 25.7. The van der Waals surface area contributed by atoms with E-state index in [1.165, 1.54) is 50.6 Å². The first-order chi connectivity index (χ1) is 10.2. The van der Waals surface area contributed by atoms with Gasteiger partial charge in [-0.3, -0.25) is 0 Å². The molecule has 0 aromatic carbocycles. The zero-order chi connectivity index (χ0) is 14.7. The van der Waals surface area contributed by atoms with Gasteiger partial charge < -0.3 is 14.6 Å². The van der Waals surface area contributed by atoms with Gasteiger partial charge in [-0.2, -0.15) is 0 Å². The Labute approximate surface area is 129 Å². The van der Waals surface area contributed by atoms with Crippen molar-refractivity contribution in [2.75, 3.05) is 6.54 Å². The van der Waals surface area contributed by atoms with E-state index in [9.17, 15) is 0 Å². The van der Waals surface area contributed by atoms with Crippen LogP contribution in [0.15, 0.2) is 18.3 Å². The Morgan fingerprint density at radius 2 is 2.19 bits per heavy atom. The van der Waals surface area contributed by atoms with Crippen LogP contribution in [0.3, 0.4) is 0 Å². The highest BCUT2D eigenvalue weighted by Crippen LogP contribution is 2.43. The van der Waals surface area contributed by atoms with Gasteiger partial charge in [0, 0.05) is 24.5 Å². The third-order valence-electron chi connectivity index (χ3n) is 5.26. The van der Waals surface area contributed by atoms with Crippen molar-refractivity contribution >= 4 is 0 Å². The van der Waals surface area contributed by atoms with Crippen LogP contribution in [-0.2, 0) is 11.3 Å². The van der Waals surface area contributed by atoms with Crippen LogP contribution in [0.25, 0.3) is 0 Å². The van der Waals surface area contributed by atoms with Crippen LogP contribution < -0.4 is 5.32 Å². The summed E-state index contributed by atoms with van der Waals surface area (Å²) in [7, 11) is 0. The van der Waals surface area contributed by atoms with Gasteiger partial charge in [0.15, 0.2) is 0 Å². The molecule has 0 radical (unpaired) electrons. The Hall–Kier alpha value is -0.800. The fourth-order valence-electron chi connectivity index (χ4n) is 4.08. The van der Waals surface area contributed by atoms with E-state index in [-0.39, 0.29) is 5.60 Å². The standard InChI is InChI=1S/C18H30N2O/c1-3-12-19-15(2)17-7-6-13-20(17)14-16-8-11-18(21-16)9-4-5-10-18/h6-7,13,15-16,19H,3-5,8-12,14H2,1-2H3. The average molecular weight is 290 g/mol. The predicted octanol–water partition coefficient (Wildman–Crippen LogP) is 4.04. The molecule has 1 saturated carbocycles. The van der Waals surface area contributed by atoms with Gasteiger partial charge in [-0.05, 0) is 57.7 Å². The molecule has 0 bridgehead atoms. The van der Waals surface area contributed by atoms with Gasteiger partial charge in [0.2, 0.25) is 0 Å². The number of aromatic nitrogens is 1. The van der Waals surface area contributed by atoms with Crippen LogP contribution in [0.1, 0.15) is 70.5 Å². The van der Waals surface area contributed by atoms with Gasteiger partial charge in [0.25, 0.3) is 0 Å². The molecule has 21 heavy (non-hydrogen) atoms. The summed E-state index contributed by atoms with van der Waals surface area (Å²) in [4.78, 5) is 0. The van der Waals surface area contributed by atoms with Crippen molar-refractivity contribution in [1.29, 1.82) is 0 Å². The molecule has 1 aromatic rings. The Morgan fingerprint density at radius 1 is 1.38 bits per heavy atom. The molecule has 3 heteroatoms. The van der Waals surface area contributed by atoms with Crippen molar-refractivity contribution in [2.45, 2.75) is 83.1 Å². The smallest absolute Gasteiger partial charge is 0.0762 e. The van der Waals surface area contributed by atoms with Crippen LogP contribution in [-0.4, -0.2) is 22.8 Å². The predicted molar refractivity (Wildman–Crippen MR) is 86.4 cm³/mol. The number of hydrogen-bond acceptors (Lipinski definition) is 2. The largest absolute Gasteiger partial charge is 0.370 e. The quantitative estimate of drug-likeness (QED) is 0.855. The minimum Gasteiger partial charge on any atom is -0.370 e. The molecule has 118 valence electrons. The Balaban J connectivity index is 1.60. The minimum absolute atomic E-state index is 0.254. The summed E-state index contributed by atoms with van der Waals surface area (Å²) < 4.78 is 8.85.